The van der Waals surface area contributed by atoms with Gasteiger partial charge in [-0.05, 0) is 31.0 Å². The van der Waals surface area contributed by atoms with Gasteiger partial charge in [0, 0.05) is 36.6 Å². The van der Waals surface area contributed by atoms with Crippen molar-refractivity contribution in [3.05, 3.63) is 42.1 Å². The zero-order valence-corrected chi connectivity index (χ0v) is 14.7. The molecule has 1 aromatic heterocycles. The molecule has 0 atom stereocenters. The predicted octanol–water partition coefficient (Wildman–Crippen LogP) is 3.24. The third-order valence-electron chi connectivity index (χ3n) is 4.34. The zero-order chi connectivity index (χ0) is 18.5. The highest BCUT2D eigenvalue weighted by Gasteiger charge is 2.18. The molecule has 0 unspecified atom stereocenters. The average Bonchev–Trinajstić information content (AvgIpc) is 3.07. The lowest BCUT2D eigenvalue weighted by Gasteiger charge is -2.17. The second-order valence-corrected chi connectivity index (χ2v) is 6.49. The van der Waals surface area contributed by atoms with E-state index in [4.69, 9.17) is 5.73 Å². The molecule has 5 N–H and O–H groups in total. The number of anilines is 4. The fourth-order valence-corrected chi connectivity index (χ4v) is 3.16. The van der Waals surface area contributed by atoms with Gasteiger partial charge in [-0.2, -0.15) is 0 Å². The maximum absolute atomic E-state index is 11.7. The van der Waals surface area contributed by atoms with Gasteiger partial charge < -0.3 is 21.7 Å². The molecule has 0 radical (unpaired) electrons. The minimum absolute atomic E-state index is 0.130. The van der Waals surface area contributed by atoms with E-state index in [1.165, 1.54) is 26.0 Å². The number of aromatic nitrogens is 1. The highest BCUT2D eigenvalue weighted by molar-refractivity contribution is 5.98. The van der Waals surface area contributed by atoms with Gasteiger partial charge in [-0.15, -0.1) is 0 Å². The Morgan fingerprint density at radius 3 is 2.58 bits per heavy atom. The van der Waals surface area contributed by atoms with Crippen molar-refractivity contribution in [1.82, 2.24) is 4.98 Å². The Morgan fingerprint density at radius 2 is 1.88 bits per heavy atom. The highest BCUT2D eigenvalue weighted by atomic mass is 16.1. The molecule has 2 aromatic rings. The van der Waals surface area contributed by atoms with Gasteiger partial charge in [-0.3, -0.25) is 9.59 Å². The number of carbonyl (C=O) groups is 2. The zero-order valence-electron chi connectivity index (χ0n) is 14.7. The van der Waals surface area contributed by atoms with E-state index < -0.39 is 5.91 Å². The normalized spacial score (nSPS) is 14.0. The lowest BCUT2D eigenvalue weighted by atomic mass is 10.1. The van der Waals surface area contributed by atoms with Gasteiger partial charge in [0.25, 0.3) is 5.91 Å². The molecule has 0 bridgehead atoms. The fourth-order valence-electron chi connectivity index (χ4n) is 3.16. The van der Waals surface area contributed by atoms with Gasteiger partial charge >= 0.3 is 0 Å². The maximum atomic E-state index is 11.7. The van der Waals surface area contributed by atoms with Crippen molar-refractivity contribution in [1.29, 1.82) is 0 Å². The van der Waals surface area contributed by atoms with Crippen LogP contribution >= 0.6 is 0 Å². The van der Waals surface area contributed by atoms with E-state index in [2.05, 4.69) is 20.9 Å². The van der Waals surface area contributed by atoms with Gasteiger partial charge in [0.15, 0.2) is 0 Å². The summed E-state index contributed by atoms with van der Waals surface area (Å²) in [5.41, 5.74) is 8.03. The average molecular weight is 353 g/mol. The Labute approximate surface area is 152 Å². The number of hydrogen-bond acceptors (Lipinski definition) is 5. The minimum Gasteiger partial charge on any atom is -0.382 e. The van der Waals surface area contributed by atoms with Crippen LogP contribution < -0.4 is 21.7 Å². The summed E-state index contributed by atoms with van der Waals surface area (Å²) in [5.74, 6) is -0.0400. The molecule has 26 heavy (non-hydrogen) atoms. The standard InChI is InChI=1S/C19H23N5O2/c1-12(25)22-14-7-4-8-15(9-14)24-18-10-17(16(11-21-18)19(20)26)23-13-5-2-3-6-13/h4,7-11,13H,2-3,5-6H2,1H3,(H2,20,26)(H,22,25)(H2,21,23,24). The number of amides is 2. The number of hydrogen-bond donors (Lipinski definition) is 4. The Bertz CT molecular complexity index is 815. The Kier molecular flexibility index (Phi) is 5.36. The molecule has 1 saturated carbocycles. The monoisotopic (exact) mass is 353 g/mol. The molecule has 2 amide bonds. The molecule has 1 aromatic carbocycles. The summed E-state index contributed by atoms with van der Waals surface area (Å²) in [6.45, 7) is 1.46. The Morgan fingerprint density at radius 1 is 1.15 bits per heavy atom. The number of carbonyl (C=O) groups excluding carboxylic acids is 2. The van der Waals surface area contributed by atoms with Gasteiger partial charge in [-0.25, -0.2) is 4.98 Å². The van der Waals surface area contributed by atoms with Crippen LogP contribution in [-0.2, 0) is 4.79 Å². The molecule has 7 nitrogen and oxygen atoms in total. The summed E-state index contributed by atoms with van der Waals surface area (Å²) < 4.78 is 0. The van der Waals surface area contributed by atoms with Crippen LogP contribution in [0.1, 0.15) is 43.0 Å². The van der Waals surface area contributed by atoms with Gasteiger partial charge in [-0.1, -0.05) is 18.9 Å². The lowest BCUT2D eigenvalue weighted by Crippen LogP contribution is -2.20. The molecule has 1 heterocycles. The van der Waals surface area contributed by atoms with Gasteiger partial charge in [0.1, 0.15) is 5.82 Å². The number of pyridine rings is 1. The SMILES string of the molecule is CC(=O)Nc1cccc(Nc2cc(NC3CCCC3)c(C(N)=O)cn2)c1. The van der Waals surface area contributed by atoms with Crippen LogP contribution in [0.15, 0.2) is 36.5 Å². The van der Waals surface area contributed by atoms with Crippen LogP contribution in [-0.4, -0.2) is 22.8 Å². The fraction of sp³-hybridized carbons (Fsp3) is 0.316. The van der Waals surface area contributed by atoms with Crippen LogP contribution in [0.2, 0.25) is 0 Å². The van der Waals surface area contributed by atoms with Crippen LogP contribution in [0.25, 0.3) is 0 Å². The molecule has 136 valence electrons. The van der Waals surface area contributed by atoms with Crippen molar-refractivity contribution in [3.8, 4) is 0 Å². The summed E-state index contributed by atoms with van der Waals surface area (Å²) >= 11 is 0. The summed E-state index contributed by atoms with van der Waals surface area (Å²) in [6, 6.07) is 9.48. The smallest absolute Gasteiger partial charge is 0.252 e. The molecule has 3 rings (SSSR count). The predicted molar refractivity (Wildman–Crippen MR) is 103 cm³/mol. The van der Waals surface area contributed by atoms with E-state index in [9.17, 15) is 9.59 Å². The van der Waals surface area contributed by atoms with Crippen molar-refractivity contribution < 1.29 is 9.59 Å². The van der Waals surface area contributed by atoms with Crippen LogP contribution in [0.4, 0.5) is 22.9 Å². The van der Waals surface area contributed by atoms with E-state index in [-0.39, 0.29) is 5.91 Å². The molecule has 0 saturated heterocycles. The number of nitrogens with zero attached hydrogens (tertiary/aromatic N) is 1. The summed E-state index contributed by atoms with van der Waals surface area (Å²) in [5, 5.41) is 9.35. The molecular formula is C19H23N5O2. The second-order valence-electron chi connectivity index (χ2n) is 6.49. The van der Waals surface area contributed by atoms with Crippen molar-refractivity contribution in [2.75, 3.05) is 16.0 Å². The first-order chi connectivity index (χ1) is 12.5. The molecule has 7 heteroatoms. The Hall–Kier alpha value is -3.09. The van der Waals surface area contributed by atoms with E-state index >= 15 is 0 Å². The van der Waals surface area contributed by atoms with Crippen molar-refractivity contribution in [2.24, 2.45) is 5.73 Å². The third kappa shape index (κ3) is 4.50. The van der Waals surface area contributed by atoms with Gasteiger partial charge in [0.05, 0.1) is 11.3 Å². The molecule has 1 aliphatic carbocycles. The molecule has 0 spiro atoms. The highest BCUT2D eigenvalue weighted by Crippen LogP contribution is 2.27. The lowest BCUT2D eigenvalue weighted by molar-refractivity contribution is -0.114. The van der Waals surface area contributed by atoms with Crippen molar-refractivity contribution >= 4 is 34.7 Å². The summed E-state index contributed by atoms with van der Waals surface area (Å²) in [4.78, 5) is 27.2. The molecule has 1 aliphatic rings. The first-order valence-corrected chi connectivity index (χ1v) is 8.72. The second kappa shape index (κ2) is 7.86. The summed E-state index contributed by atoms with van der Waals surface area (Å²) in [7, 11) is 0. The number of benzene rings is 1. The van der Waals surface area contributed by atoms with Crippen molar-refractivity contribution in [2.45, 2.75) is 38.6 Å². The van der Waals surface area contributed by atoms with Crippen LogP contribution in [0.5, 0.6) is 0 Å². The number of nitrogens with one attached hydrogen (secondary N) is 3. The largest absolute Gasteiger partial charge is 0.382 e. The Balaban J connectivity index is 1.81. The van der Waals surface area contributed by atoms with E-state index in [0.717, 1.165) is 18.5 Å². The molecular weight excluding hydrogens is 330 g/mol. The van der Waals surface area contributed by atoms with E-state index in [0.29, 0.717) is 28.8 Å². The maximum Gasteiger partial charge on any atom is 0.252 e. The quantitative estimate of drug-likeness (QED) is 0.637. The summed E-state index contributed by atoms with van der Waals surface area (Å²) in [6.07, 6.45) is 6.04. The van der Waals surface area contributed by atoms with E-state index in [1.807, 2.05) is 24.3 Å². The van der Waals surface area contributed by atoms with Crippen LogP contribution in [0, 0.1) is 0 Å². The van der Waals surface area contributed by atoms with Gasteiger partial charge in [0.2, 0.25) is 5.91 Å². The van der Waals surface area contributed by atoms with E-state index in [1.54, 1.807) is 6.07 Å². The first-order valence-electron chi connectivity index (χ1n) is 8.72. The number of nitrogens with two attached hydrogens (primary N) is 1. The molecule has 0 aliphatic heterocycles. The molecule has 1 fully saturated rings. The number of rotatable bonds is 6. The number of primary amides is 1. The first kappa shape index (κ1) is 17.7. The minimum atomic E-state index is -0.503. The van der Waals surface area contributed by atoms with Crippen molar-refractivity contribution in [3.63, 3.8) is 0 Å². The van der Waals surface area contributed by atoms with Crippen LogP contribution in [0.3, 0.4) is 0 Å². The third-order valence-corrected chi connectivity index (χ3v) is 4.34. The topological polar surface area (TPSA) is 109 Å².